The highest BCUT2D eigenvalue weighted by atomic mass is 16.7. The van der Waals surface area contributed by atoms with E-state index in [0.717, 1.165) is 73.0 Å². The molecule has 0 radical (unpaired) electrons. The van der Waals surface area contributed by atoms with E-state index in [-0.39, 0.29) is 25.9 Å². The summed E-state index contributed by atoms with van der Waals surface area (Å²) in [6, 6.07) is 24.5. The van der Waals surface area contributed by atoms with Crippen LogP contribution in [0.1, 0.15) is 70.9 Å². The topological polar surface area (TPSA) is 183 Å². The standard InChI is InChI=1S/C50H54N2O10/c1-49(2)38(51(26-24-40(54)55)35-20-16-29-10-5-7-14-33(29)42(35)49)22-18-31-12-9-13-32(47(31)62-48-46(60)45(59)44(58)37(28-53)61-48)19-23-39-50(3,4)43-34-15-8-6-11-30(34)17-21-36(43)52(39)27-25-41(56)57/h5-8,10-11,14-23,37,44-46,48,53,58-60H,9,12-13,24-28H2,1-4H3,(H-,54,55,56,57)/t37-,44+,45+,46-,48-/m1/s1. The van der Waals surface area contributed by atoms with Gasteiger partial charge in [-0.15, -0.1) is 0 Å². The number of nitrogens with zero attached hydrogens (tertiary/aromatic N) is 2. The van der Waals surface area contributed by atoms with Crippen LogP contribution in [0.25, 0.3) is 21.5 Å². The summed E-state index contributed by atoms with van der Waals surface area (Å²) in [5.74, 6) is -1.67. The van der Waals surface area contributed by atoms with Crippen LogP contribution in [0.2, 0.25) is 0 Å². The van der Waals surface area contributed by atoms with Crippen LogP contribution in [-0.2, 0) is 29.9 Å². The number of benzene rings is 4. The number of aliphatic hydroxyl groups excluding tert-OH is 4. The quantitative estimate of drug-likeness (QED) is 0.115. The van der Waals surface area contributed by atoms with Crippen molar-refractivity contribution in [1.29, 1.82) is 0 Å². The summed E-state index contributed by atoms with van der Waals surface area (Å²) < 4.78 is 14.5. The first kappa shape index (κ1) is 43.0. The van der Waals surface area contributed by atoms with Crippen LogP contribution in [0.15, 0.2) is 120 Å². The lowest BCUT2D eigenvalue weighted by Crippen LogP contribution is -2.59. The first-order valence-electron chi connectivity index (χ1n) is 21.3. The molecule has 0 aromatic heterocycles. The van der Waals surface area contributed by atoms with E-state index >= 15 is 0 Å². The van der Waals surface area contributed by atoms with E-state index in [1.807, 2.05) is 71.7 Å². The van der Waals surface area contributed by atoms with Gasteiger partial charge in [-0.1, -0.05) is 74.5 Å². The zero-order valence-electron chi connectivity index (χ0n) is 35.5. The van der Waals surface area contributed by atoms with E-state index in [9.17, 15) is 40.2 Å². The first-order valence-corrected chi connectivity index (χ1v) is 21.3. The second-order valence-corrected chi connectivity index (χ2v) is 17.7. The molecule has 1 saturated heterocycles. The van der Waals surface area contributed by atoms with Crippen molar-refractivity contribution in [3.05, 3.63) is 131 Å². The van der Waals surface area contributed by atoms with E-state index in [0.29, 0.717) is 18.6 Å². The minimum absolute atomic E-state index is 0.0780. The van der Waals surface area contributed by atoms with Crippen LogP contribution < -0.4 is 10.0 Å². The zero-order chi connectivity index (χ0) is 44.1. The zero-order valence-corrected chi connectivity index (χ0v) is 35.5. The van der Waals surface area contributed by atoms with Gasteiger partial charge in [0.1, 0.15) is 36.6 Å². The normalized spacial score (nSPS) is 25.7. The number of allylic oxidation sites excluding steroid dienone is 7. The molecule has 8 rings (SSSR count). The predicted octanol–water partition coefficient (Wildman–Crippen LogP) is 5.40. The first-order chi connectivity index (χ1) is 29.6. The van der Waals surface area contributed by atoms with Crippen molar-refractivity contribution in [3.63, 3.8) is 0 Å². The number of carbonyl (C=O) groups is 2. The average molecular weight is 843 g/mol. The van der Waals surface area contributed by atoms with E-state index in [1.165, 1.54) is 0 Å². The Morgan fingerprint density at radius 2 is 1.52 bits per heavy atom. The molecule has 0 bridgehead atoms. The molecule has 4 aromatic carbocycles. The maximum absolute atomic E-state index is 11.9. The number of aliphatic hydroxyl groups is 4. The Balaban J connectivity index is 1.26. The molecule has 62 heavy (non-hydrogen) atoms. The van der Waals surface area contributed by atoms with Crippen molar-refractivity contribution in [2.75, 3.05) is 24.6 Å². The fraction of sp³-hybridized carbons (Fsp3) is 0.380. The third-order valence-corrected chi connectivity index (χ3v) is 13.0. The fourth-order valence-corrected chi connectivity index (χ4v) is 9.97. The van der Waals surface area contributed by atoms with Crippen molar-refractivity contribution in [3.8, 4) is 0 Å². The molecule has 324 valence electrons. The monoisotopic (exact) mass is 842 g/mol. The van der Waals surface area contributed by atoms with Gasteiger partial charge in [0.2, 0.25) is 12.0 Å². The third kappa shape index (κ3) is 7.64. The Morgan fingerprint density at radius 3 is 2.19 bits per heavy atom. The molecule has 5 atom stereocenters. The van der Waals surface area contributed by atoms with Gasteiger partial charge in [-0.3, -0.25) is 4.79 Å². The lowest BCUT2D eigenvalue weighted by Gasteiger charge is -2.40. The number of carbonyl (C=O) groups excluding carboxylic acids is 1. The molecule has 12 nitrogen and oxygen atoms in total. The molecule has 4 aromatic rings. The van der Waals surface area contributed by atoms with Crippen LogP contribution in [0.5, 0.6) is 0 Å². The van der Waals surface area contributed by atoms with Crippen LogP contribution >= 0.6 is 0 Å². The number of carboxylic acids is 2. The number of hydrogen-bond acceptors (Lipinski definition) is 10. The van der Waals surface area contributed by atoms with E-state index < -0.39 is 60.1 Å². The van der Waals surface area contributed by atoms with Crippen molar-refractivity contribution in [2.45, 2.75) is 101 Å². The largest absolute Gasteiger partial charge is 0.550 e. The molecule has 3 heterocycles. The Bertz CT molecular complexity index is 2600. The summed E-state index contributed by atoms with van der Waals surface area (Å²) in [6.07, 6.45) is 2.00. The fourth-order valence-electron chi connectivity index (χ4n) is 9.97. The average Bonchev–Trinajstić information content (AvgIpc) is 3.61. The third-order valence-electron chi connectivity index (χ3n) is 13.0. The Hall–Kier alpha value is -5.63. The van der Waals surface area contributed by atoms with Gasteiger partial charge >= 0.3 is 5.97 Å². The minimum atomic E-state index is -1.65. The Kier molecular flexibility index (Phi) is 11.7. The van der Waals surface area contributed by atoms with Crippen molar-refractivity contribution >= 4 is 50.6 Å². The number of hydrogen-bond donors (Lipinski definition) is 5. The molecule has 5 N–H and O–H groups in total. The van der Waals surface area contributed by atoms with E-state index in [4.69, 9.17) is 9.47 Å². The van der Waals surface area contributed by atoms with Gasteiger partial charge in [0.15, 0.2) is 12.3 Å². The number of ether oxygens (including phenoxy) is 2. The van der Waals surface area contributed by atoms with Crippen molar-refractivity contribution in [2.24, 2.45) is 0 Å². The van der Waals surface area contributed by atoms with E-state index in [2.05, 4.69) is 62.6 Å². The highest BCUT2D eigenvalue weighted by molar-refractivity contribution is 6.08. The lowest BCUT2D eigenvalue weighted by atomic mass is 9.78. The van der Waals surface area contributed by atoms with Gasteiger partial charge in [0.25, 0.3) is 0 Å². The molecule has 0 amide bonds. The summed E-state index contributed by atoms with van der Waals surface area (Å²) in [7, 11) is 0. The van der Waals surface area contributed by atoms with Gasteiger partial charge in [-0.2, -0.15) is 4.58 Å². The number of aliphatic carboxylic acids is 2. The molecular formula is C50H54N2O10. The van der Waals surface area contributed by atoms with Crippen LogP contribution in [-0.4, -0.2) is 98.2 Å². The summed E-state index contributed by atoms with van der Waals surface area (Å²) in [5.41, 5.74) is 6.21. The molecule has 4 aliphatic rings. The van der Waals surface area contributed by atoms with Gasteiger partial charge in [0, 0.05) is 53.4 Å². The second kappa shape index (κ2) is 16.9. The highest BCUT2D eigenvalue weighted by Crippen LogP contribution is 2.51. The maximum atomic E-state index is 11.9. The minimum Gasteiger partial charge on any atom is -0.550 e. The van der Waals surface area contributed by atoms with Gasteiger partial charge in [-0.05, 0) is 95.6 Å². The molecule has 12 heteroatoms. The number of fused-ring (bicyclic) bond motifs is 6. The second-order valence-electron chi connectivity index (χ2n) is 17.7. The molecule has 3 aliphatic heterocycles. The molecule has 0 saturated carbocycles. The molecular weight excluding hydrogens is 789 g/mol. The summed E-state index contributed by atoms with van der Waals surface area (Å²) in [4.78, 5) is 25.8. The SMILES string of the molecule is CC1(C)C(/C=C\C2=C(O[C@H]3O[C@H](CO)[C@H](O)[C@H](O)[C@H]3O)C(=C\C=C3/N(CCC(=O)[O-])c4ccc5ccccc5c4C3(C)C)/CCC2)=[N+](CCC(=O)O)c2ccc3ccccc3c21. The Labute approximate surface area is 360 Å². The Morgan fingerprint density at radius 1 is 0.839 bits per heavy atom. The number of anilines is 1. The van der Waals surface area contributed by atoms with Crippen LogP contribution in [0.3, 0.4) is 0 Å². The van der Waals surface area contributed by atoms with Gasteiger partial charge < -0.3 is 49.8 Å². The summed E-state index contributed by atoms with van der Waals surface area (Å²) >= 11 is 0. The van der Waals surface area contributed by atoms with Crippen molar-refractivity contribution < 1.29 is 54.3 Å². The number of carboxylic acid groups (broad SMARTS) is 2. The van der Waals surface area contributed by atoms with Gasteiger partial charge in [0.05, 0.1) is 12.0 Å². The molecule has 0 unspecified atom stereocenters. The smallest absolute Gasteiger partial charge is 0.309 e. The van der Waals surface area contributed by atoms with Crippen LogP contribution in [0.4, 0.5) is 11.4 Å². The maximum Gasteiger partial charge on any atom is 0.309 e. The molecule has 1 fully saturated rings. The van der Waals surface area contributed by atoms with Crippen molar-refractivity contribution in [1.82, 2.24) is 0 Å². The van der Waals surface area contributed by atoms with Gasteiger partial charge in [-0.25, -0.2) is 0 Å². The molecule has 0 spiro atoms. The number of rotatable bonds is 12. The highest BCUT2D eigenvalue weighted by Gasteiger charge is 2.47. The summed E-state index contributed by atoms with van der Waals surface area (Å²) in [6.45, 7) is 8.32. The van der Waals surface area contributed by atoms with E-state index in [1.54, 1.807) is 0 Å². The molecule has 1 aliphatic carbocycles. The predicted molar refractivity (Wildman–Crippen MR) is 234 cm³/mol. The lowest BCUT2D eigenvalue weighted by molar-refractivity contribution is -0.436. The summed E-state index contributed by atoms with van der Waals surface area (Å²) in [5, 5.41) is 68.5. The van der Waals surface area contributed by atoms with Crippen LogP contribution in [0, 0.1) is 0 Å².